The van der Waals surface area contributed by atoms with Crippen LogP contribution < -0.4 is 5.32 Å². The molecule has 2 aromatic rings. The van der Waals surface area contributed by atoms with Crippen LogP contribution in [0, 0.1) is 13.8 Å². The zero-order valence-electron chi connectivity index (χ0n) is 12.9. The van der Waals surface area contributed by atoms with Gasteiger partial charge in [0.1, 0.15) is 0 Å². The number of hydrogen-bond acceptors (Lipinski definition) is 5. The quantitative estimate of drug-likeness (QED) is 0.827. The monoisotopic (exact) mass is 308 g/mol. The first-order valence-corrected chi connectivity index (χ1v) is 8.50. The van der Waals surface area contributed by atoms with Crippen molar-refractivity contribution >= 4 is 16.3 Å². The van der Waals surface area contributed by atoms with Crippen molar-refractivity contribution in [1.82, 2.24) is 19.6 Å². The summed E-state index contributed by atoms with van der Waals surface area (Å²) in [6.07, 6.45) is 3.37. The SMILES string of the molecule is Cc1cn2c(CNCCCN3CCOCC3)c(C)nc2s1. The molecule has 21 heavy (non-hydrogen) atoms. The first-order valence-electron chi connectivity index (χ1n) is 7.69. The van der Waals surface area contributed by atoms with Gasteiger partial charge in [0.15, 0.2) is 4.96 Å². The lowest BCUT2D eigenvalue weighted by molar-refractivity contribution is 0.0374. The van der Waals surface area contributed by atoms with E-state index in [4.69, 9.17) is 4.74 Å². The van der Waals surface area contributed by atoms with Crippen LogP contribution in [0.3, 0.4) is 0 Å². The van der Waals surface area contributed by atoms with Crippen LogP contribution in [0.5, 0.6) is 0 Å². The van der Waals surface area contributed by atoms with Gasteiger partial charge in [0.2, 0.25) is 0 Å². The van der Waals surface area contributed by atoms with E-state index < -0.39 is 0 Å². The summed E-state index contributed by atoms with van der Waals surface area (Å²) in [5, 5.41) is 3.56. The second kappa shape index (κ2) is 6.87. The molecule has 0 aliphatic carbocycles. The highest BCUT2D eigenvalue weighted by atomic mass is 32.1. The van der Waals surface area contributed by atoms with Gasteiger partial charge in [-0.3, -0.25) is 9.30 Å². The van der Waals surface area contributed by atoms with Gasteiger partial charge < -0.3 is 10.1 Å². The fraction of sp³-hybridized carbons (Fsp3) is 0.667. The van der Waals surface area contributed by atoms with Crippen LogP contribution >= 0.6 is 11.3 Å². The van der Waals surface area contributed by atoms with Gasteiger partial charge in [-0.05, 0) is 33.4 Å². The van der Waals surface area contributed by atoms with E-state index in [0.29, 0.717) is 0 Å². The summed E-state index contributed by atoms with van der Waals surface area (Å²) in [5.41, 5.74) is 2.43. The number of hydrogen-bond donors (Lipinski definition) is 1. The Bertz CT molecular complexity index is 586. The molecule has 0 atom stereocenters. The van der Waals surface area contributed by atoms with Gasteiger partial charge in [0.25, 0.3) is 0 Å². The largest absolute Gasteiger partial charge is 0.379 e. The lowest BCUT2D eigenvalue weighted by atomic mass is 10.3. The molecule has 1 N–H and O–H groups in total. The molecule has 1 aliphatic heterocycles. The van der Waals surface area contributed by atoms with Gasteiger partial charge in [-0.25, -0.2) is 4.98 Å². The number of ether oxygens (including phenoxy) is 1. The minimum Gasteiger partial charge on any atom is -0.379 e. The van der Waals surface area contributed by atoms with Gasteiger partial charge in [0.05, 0.1) is 24.6 Å². The summed E-state index contributed by atoms with van der Waals surface area (Å²) < 4.78 is 7.59. The Morgan fingerprint density at radius 1 is 1.33 bits per heavy atom. The number of thiazole rings is 1. The van der Waals surface area contributed by atoms with Crippen LogP contribution in [-0.4, -0.2) is 53.7 Å². The molecule has 1 fully saturated rings. The van der Waals surface area contributed by atoms with E-state index >= 15 is 0 Å². The van der Waals surface area contributed by atoms with Gasteiger partial charge in [0, 0.05) is 30.7 Å². The van der Waals surface area contributed by atoms with Gasteiger partial charge >= 0.3 is 0 Å². The van der Waals surface area contributed by atoms with E-state index in [2.05, 4.69) is 39.6 Å². The van der Waals surface area contributed by atoms with Crippen molar-refractivity contribution in [3.8, 4) is 0 Å². The summed E-state index contributed by atoms with van der Waals surface area (Å²) >= 11 is 1.76. The topological polar surface area (TPSA) is 41.8 Å². The van der Waals surface area contributed by atoms with E-state index in [9.17, 15) is 0 Å². The van der Waals surface area contributed by atoms with Crippen LogP contribution in [0.2, 0.25) is 0 Å². The molecule has 0 aromatic carbocycles. The Balaban J connectivity index is 1.44. The Hall–Kier alpha value is -0.950. The van der Waals surface area contributed by atoms with E-state index in [0.717, 1.165) is 56.6 Å². The number of aryl methyl sites for hydroxylation is 2. The second-order valence-electron chi connectivity index (χ2n) is 5.62. The number of nitrogens with one attached hydrogen (secondary N) is 1. The summed E-state index contributed by atoms with van der Waals surface area (Å²) in [4.78, 5) is 9.53. The van der Waals surface area contributed by atoms with Crippen molar-refractivity contribution in [2.75, 3.05) is 39.4 Å². The Kier molecular flexibility index (Phi) is 4.90. The second-order valence-corrected chi connectivity index (χ2v) is 6.84. The Labute approximate surface area is 129 Å². The first-order chi connectivity index (χ1) is 10.2. The third-order valence-corrected chi connectivity index (χ3v) is 4.86. The molecule has 5 nitrogen and oxygen atoms in total. The highest BCUT2D eigenvalue weighted by Crippen LogP contribution is 2.20. The number of morpholine rings is 1. The smallest absolute Gasteiger partial charge is 0.194 e. The lowest BCUT2D eigenvalue weighted by Crippen LogP contribution is -2.37. The summed E-state index contributed by atoms with van der Waals surface area (Å²) in [5.74, 6) is 0. The molecule has 3 rings (SSSR count). The first kappa shape index (κ1) is 15.0. The molecule has 3 heterocycles. The molecule has 0 saturated carbocycles. The Morgan fingerprint density at radius 3 is 2.95 bits per heavy atom. The summed E-state index contributed by atoms with van der Waals surface area (Å²) in [6.45, 7) is 11.3. The zero-order valence-corrected chi connectivity index (χ0v) is 13.7. The van der Waals surface area contributed by atoms with Crippen molar-refractivity contribution in [3.63, 3.8) is 0 Å². The Morgan fingerprint density at radius 2 is 2.14 bits per heavy atom. The predicted molar refractivity (Wildman–Crippen MR) is 86.1 cm³/mol. The number of fused-ring (bicyclic) bond motifs is 1. The average Bonchev–Trinajstić information content (AvgIpc) is 2.96. The van der Waals surface area contributed by atoms with Crippen molar-refractivity contribution in [3.05, 3.63) is 22.5 Å². The van der Waals surface area contributed by atoms with E-state index in [1.165, 1.54) is 17.0 Å². The van der Waals surface area contributed by atoms with Gasteiger partial charge in [-0.2, -0.15) is 0 Å². The van der Waals surface area contributed by atoms with Crippen LogP contribution in [0.4, 0.5) is 0 Å². The molecule has 0 unspecified atom stereocenters. The van der Waals surface area contributed by atoms with Crippen molar-refractivity contribution in [2.24, 2.45) is 0 Å². The number of aromatic nitrogens is 2. The molecular weight excluding hydrogens is 284 g/mol. The van der Waals surface area contributed by atoms with Crippen molar-refractivity contribution in [1.29, 1.82) is 0 Å². The predicted octanol–water partition coefficient (Wildman–Crippen LogP) is 1.82. The van der Waals surface area contributed by atoms with Crippen molar-refractivity contribution in [2.45, 2.75) is 26.8 Å². The molecule has 2 aromatic heterocycles. The molecule has 116 valence electrons. The standard InChI is InChI=1S/C15H24N4OS/c1-12-11-19-14(13(2)17-15(19)21-12)10-16-4-3-5-18-6-8-20-9-7-18/h11,16H,3-10H2,1-2H3. The molecular formula is C15H24N4OS. The van der Waals surface area contributed by atoms with Crippen molar-refractivity contribution < 1.29 is 4.74 Å². The fourth-order valence-corrected chi connectivity index (χ4v) is 3.67. The minimum atomic E-state index is 0.887. The molecule has 0 bridgehead atoms. The van der Waals surface area contributed by atoms with Crippen LogP contribution in [0.15, 0.2) is 6.20 Å². The summed E-state index contributed by atoms with van der Waals surface area (Å²) in [7, 11) is 0. The third-order valence-electron chi connectivity index (χ3n) is 3.97. The molecule has 1 aliphatic rings. The maximum atomic E-state index is 5.37. The molecule has 0 spiro atoms. The highest BCUT2D eigenvalue weighted by Gasteiger charge is 2.11. The van der Waals surface area contributed by atoms with Crippen LogP contribution in [0.1, 0.15) is 22.7 Å². The maximum absolute atomic E-state index is 5.37. The summed E-state index contributed by atoms with van der Waals surface area (Å²) in [6, 6.07) is 0. The highest BCUT2D eigenvalue weighted by molar-refractivity contribution is 7.17. The maximum Gasteiger partial charge on any atom is 0.194 e. The van der Waals surface area contributed by atoms with E-state index in [1.807, 2.05) is 0 Å². The van der Waals surface area contributed by atoms with Crippen LogP contribution in [-0.2, 0) is 11.3 Å². The van der Waals surface area contributed by atoms with Crippen LogP contribution in [0.25, 0.3) is 4.96 Å². The zero-order chi connectivity index (χ0) is 14.7. The molecule has 1 saturated heterocycles. The number of nitrogens with zero attached hydrogens (tertiary/aromatic N) is 3. The molecule has 0 amide bonds. The van der Waals surface area contributed by atoms with E-state index in [-0.39, 0.29) is 0 Å². The average molecular weight is 308 g/mol. The minimum absolute atomic E-state index is 0.887. The molecule has 6 heteroatoms. The van der Waals surface area contributed by atoms with E-state index in [1.54, 1.807) is 11.3 Å². The third kappa shape index (κ3) is 3.63. The molecule has 0 radical (unpaired) electrons. The normalized spacial score (nSPS) is 16.9. The number of imidazole rings is 1. The number of rotatable bonds is 6. The van der Waals surface area contributed by atoms with Gasteiger partial charge in [-0.15, -0.1) is 11.3 Å². The van der Waals surface area contributed by atoms with Gasteiger partial charge in [-0.1, -0.05) is 0 Å². The fourth-order valence-electron chi connectivity index (χ4n) is 2.78. The lowest BCUT2D eigenvalue weighted by Gasteiger charge is -2.26.